The third kappa shape index (κ3) is 2.41. The maximum atomic E-state index is 13.1. The van der Waals surface area contributed by atoms with Gasteiger partial charge in [0, 0.05) is 11.9 Å². The first-order chi connectivity index (χ1) is 8.22. The zero-order chi connectivity index (χ0) is 12.3. The summed E-state index contributed by atoms with van der Waals surface area (Å²) in [4.78, 5) is 3.80. The van der Waals surface area contributed by atoms with E-state index in [2.05, 4.69) is 10.4 Å². The number of pyridine rings is 1. The fourth-order valence-corrected chi connectivity index (χ4v) is 1.73. The van der Waals surface area contributed by atoms with Crippen LogP contribution >= 0.6 is 0 Å². The van der Waals surface area contributed by atoms with Crippen LogP contribution in [0.2, 0.25) is 0 Å². The Hall–Kier alpha value is -1.98. The van der Waals surface area contributed by atoms with Crippen molar-refractivity contribution < 1.29 is 4.39 Å². The summed E-state index contributed by atoms with van der Waals surface area (Å²) in [6.07, 6.45) is 2.70. The molecule has 2 aromatic rings. The summed E-state index contributed by atoms with van der Waals surface area (Å²) in [6.45, 7) is 0. The molecule has 0 saturated carbocycles. The first kappa shape index (κ1) is 11.5. The van der Waals surface area contributed by atoms with Crippen LogP contribution in [0.25, 0.3) is 0 Å². The van der Waals surface area contributed by atoms with Crippen molar-refractivity contribution in [2.45, 2.75) is 6.04 Å². The summed E-state index contributed by atoms with van der Waals surface area (Å²) in [5.74, 6) is 5.09. The molecule has 0 bridgehead atoms. The van der Waals surface area contributed by atoms with Gasteiger partial charge in [-0.25, -0.2) is 9.82 Å². The normalized spacial score (nSPS) is 12.4. The Morgan fingerprint density at radius 1 is 1.24 bits per heavy atom. The molecule has 1 atom stereocenters. The molecule has 0 amide bonds. The highest BCUT2D eigenvalue weighted by atomic mass is 19.1. The van der Waals surface area contributed by atoms with Crippen molar-refractivity contribution in [1.82, 2.24) is 10.4 Å². The minimum absolute atomic E-state index is 0.376. The van der Waals surface area contributed by atoms with Gasteiger partial charge in [0.05, 0.1) is 12.2 Å². The molecule has 0 fully saturated rings. The van der Waals surface area contributed by atoms with E-state index in [1.807, 2.05) is 18.2 Å². The van der Waals surface area contributed by atoms with Crippen LogP contribution in [0.4, 0.5) is 10.1 Å². The third-order valence-electron chi connectivity index (χ3n) is 2.53. The Morgan fingerprint density at radius 2 is 2.00 bits per heavy atom. The van der Waals surface area contributed by atoms with E-state index in [-0.39, 0.29) is 6.04 Å². The second-order valence-corrected chi connectivity index (χ2v) is 3.67. The zero-order valence-electron chi connectivity index (χ0n) is 9.10. The molecule has 0 radical (unpaired) electrons. The fraction of sp³-hybridized carbons (Fsp3) is 0.0833. The van der Waals surface area contributed by atoms with Crippen molar-refractivity contribution in [2.24, 2.45) is 5.84 Å². The van der Waals surface area contributed by atoms with E-state index in [4.69, 9.17) is 11.6 Å². The monoisotopic (exact) mass is 232 g/mol. The predicted molar refractivity (Wildman–Crippen MR) is 64.2 cm³/mol. The molecule has 0 aliphatic rings. The second-order valence-electron chi connectivity index (χ2n) is 3.67. The largest absolute Gasteiger partial charge is 0.398 e. The number of rotatable bonds is 3. The average Bonchev–Trinajstić information content (AvgIpc) is 2.33. The Labute approximate surface area is 98.4 Å². The van der Waals surface area contributed by atoms with Crippen LogP contribution in [0.5, 0.6) is 0 Å². The van der Waals surface area contributed by atoms with Crippen LogP contribution in [0.1, 0.15) is 17.2 Å². The molecule has 0 aliphatic heterocycles. The molecule has 4 nitrogen and oxygen atoms in total. The van der Waals surface area contributed by atoms with Gasteiger partial charge in [0.15, 0.2) is 0 Å². The van der Waals surface area contributed by atoms with Crippen LogP contribution in [-0.2, 0) is 0 Å². The third-order valence-corrected chi connectivity index (χ3v) is 2.53. The highest BCUT2D eigenvalue weighted by Crippen LogP contribution is 2.25. The van der Waals surface area contributed by atoms with E-state index in [1.54, 1.807) is 12.3 Å². The summed E-state index contributed by atoms with van der Waals surface area (Å²) < 4.78 is 13.1. The first-order valence-corrected chi connectivity index (χ1v) is 5.13. The van der Waals surface area contributed by atoms with E-state index in [0.29, 0.717) is 11.3 Å². The molecular weight excluding hydrogens is 219 g/mol. The maximum absolute atomic E-state index is 13.1. The Kier molecular flexibility index (Phi) is 3.32. The molecule has 88 valence electrons. The number of nitrogen functional groups attached to an aromatic ring is 1. The molecule has 2 rings (SSSR count). The minimum atomic E-state index is -0.405. The topological polar surface area (TPSA) is 77.0 Å². The summed E-state index contributed by atoms with van der Waals surface area (Å²) >= 11 is 0. The molecule has 5 N–H and O–H groups in total. The second kappa shape index (κ2) is 4.90. The lowest BCUT2D eigenvalue weighted by atomic mass is 9.99. The van der Waals surface area contributed by atoms with Crippen LogP contribution in [0.15, 0.2) is 42.7 Å². The maximum Gasteiger partial charge on any atom is 0.141 e. The number of aromatic nitrogens is 1. The number of nitrogens with two attached hydrogens (primary N) is 2. The van der Waals surface area contributed by atoms with Gasteiger partial charge in [-0.05, 0) is 23.3 Å². The van der Waals surface area contributed by atoms with Gasteiger partial charge in [-0.3, -0.25) is 10.8 Å². The number of hydrogen-bond acceptors (Lipinski definition) is 4. The Bertz CT molecular complexity index is 515. The number of nitrogens with one attached hydrogen (secondary N) is 1. The van der Waals surface area contributed by atoms with E-state index < -0.39 is 5.82 Å². The van der Waals surface area contributed by atoms with E-state index in [0.717, 1.165) is 11.8 Å². The van der Waals surface area contributed by atoms with Crippen LogP contribution < -0.4 is 17.0 Å². The number of benzene rings is 1. The Balaban J connectivity index is 2.44. The van der Waals surface area contributed by atoms with E-state index in [9.17, 15) is 4.39 Å². The van der Waals surface area contributed by atoms with Crippen molar-refractivity contribution in [3.63, 3.8) is 0 Å². The van der Waals surface area contributed by atoms with Gasteiger partial charge < -0.3 is 5.73 Å². The molecule has 0 spiro atoms. The highest BCUT2D eigenvalue weighted by Gasteiger charge is 2.15. The Morgan fingerprint density at radius 3 is 2.65 bits per heavy atom. The molecule has 1 aromatic carbocycles. The summed E-state index contributed by atoms with van der Waals surface area (Å²) in [5.41, 5.74) is 10.5. The number of para-hydroxylation sites is 1. The lowest BCUT2D eigenvalue weighted by molar-refractivity contribution is 0.598. The van der Waals surface area contributed by atoms with Crippen LogP contribution in [0.3, 0.4) is 0 Å². The smallest absolute Gasteiger partial charge is 0.141 e. The van der Waals surface area contributed by atoms with E-state index >= 15 is 0 Å². The quantitative estimate of drug-likeness (QED) is 0.424. The number of hydrogen-bond donors (Lipinski definition) is 3. The van der Waals surface area contributed by atoms with E-state index in [1.165, 1.54) is 6.07 Å². The van der Waals surface area contributed by atoms with Crippen molar-refractivity contribution in [2.75, 3.05) is 5.73 Å². The molecule has 1 heterocycles. The number of halogens is 1. The van der Waals surface area contributed by atoms with Gasteiger partial charge in [-0.15, -0.1) is 0 Å². The van der Waals surface area contributed by atoms with Gasteiger partial charge >= 0.3 is 0 Å². The number of anilines is 1. The molecular formula is C12H13FN4. The van der Waals surface area contributed by atoms with Crippen molar-refractivity contribution >= 4 is 5.69 Å². The van der Waals surface area contributed by atoms with Gasteiger partial charge in [0.1, 0.15) is 5.82 Å². The number of nitrogens with zero attached hydrogens (tertiary/aromatic N) is 1. The summed E-state index contributed by atoms with van der Waals surface area (Å²) in [6, 6.07) is 8.29. The van der Waals surface area contributed by atoms with Gasteiger partial charge in [0.25, 0.3) is 0 Å². The standard InChI is InChI=1S/C12H13FN4/c13-9-5-8(6-16-7-9)12(17-15)10-3-1-2-4-11(10)14/h1-7,12,17H,14-15H2. The van der Waals surface area contributed by atoms with Crippen molar-refractivity contribution in [3.05, 3.63) is 59.7 Å². The zero-order valence-corrected chi connectivity index (χ0v) is 9.10. The average molecular weight is 232 g/mol. The predicted octanol–water partition coefficient (Wildman–Crippen LogP) is 1.36. The first-order valence-electron chi connectivity index (χ1n) is 5.13. The highest BCUT2D eigenvalue weighted by molar-refractivity contribution is 5.50. The molecule has 1 unspecified atom stereocenters. The fourth-order valence-electron chi connectivity index (χ4n) is 1.73. The lowest BCUT2D eigenvalue weighted by Crippen LogP contribution is -2.29. The molecule has 0 aliphatic carbocycles. The summed E-state index contributed by atoms with van der Waals surface area (Å²) in [7, 11) is 0. The van der Waals surface area contributed by atoms with Crippen LogP contribution in [-0.4, -0.2) is 4.98 Å². The number of hydrazine groups is 1. The SMILES string of the molecule is NNC(c1cncc(F)c1)c1ccccc1N. The molecule has 5 heteroatoms. The minimum Gasteiger partial charge on any atom is -0.398 e. The molecule has 0 saturated heterocycles. The molecule has 17 heavy (non-hydrogen) atoms. The van der Waals surface area contributed by atoms with Gasteiger partial charge in [0.2, 0.25) is 0 Å². The summed E-state index contributed by atoms with van der Waals surface area (Å²) in [5, 5.41) is 0. The lowest BCUT2D eigenvalue weighted by Gasteiger charge is -2.18. The van der Waals surface area contributed by atoms with Gasteiger partial charge in [-0.2, -0.15) is 0 Å². The van der Waals surface area contributed by atoms with Gasteiger partial charge in [-0.1, -0.05) is 18.2 Å². The van der Waals surface area contributed by atoms with Crippen molar-refractivity contribution in [1.29, 1.82) is 0 Å². The molecule has 1 aromatic heterocycles. The van der Waals surface area contributed by atoms with Crippen LogP contribution in [0, 0.1) is 5.82 Å². The van der Waals surface area contributed by atoms with Crippen molar-refractivity contribution in [3.8, 4) is 0 Å².